The number of aromatic nitrogens is 3. The lowest BCUT2D eigenvalue weighted by Crippen LogP contribution is -2.29. The van der Waals surface area contributed by atoms with E-state index in [1.807, 2.05) is 49.4 Å². The Morgan fingerprint density at radius 1 is 1.00 bits per heavy atom. The minimum absolute atomic E-state index is 0.192. The number of H-pyrrole nitrogens is 1. The van der Waals surface area contributed by atoms with Gasteiger partial charge in [-0.3, -0.25) is 9.78 Å². The van der Waals surface area contributed by atoms with Gasteiger partial charge in [-0.1, -0.05) is 44.2 Å². The number of aromatic amines is 1. The number of hydrogen-bond donors (Lipinski definition) is 2. The van der Waals surface area contributed by atoms with Crippen molar-refractivity contribution in [3.05, 3.63) is 118 Å². The average Bonchev–Trinajstić information content (AvgIpc) is 3.78. The van der Waals surface area contributed by atoms with E-state index >= 15 is 4.39 Å². The van der Waals surface area contributed by atoms with E-state index in [-0.39, 0.29) is 29.9 Å². The Morgan fingerprint density at radius 2 is 1.77 bits per heavy atom. The molecular weight excluding hydrogens is 542 g/mol. The first-order valence-corrected chi connectivity index (χ1v) is 15.0. The van der Waals surface area contributed by atoms with Crippen molar-refractivity contribution in [2.75, 3.05) is 6.54 Å². The van der Waals surface area contributed by atoms with Crippen molar-refractivity contribution >= 4 is 16.9 Å². The summed E-state index contributed by atoms with van der Waals surface area (Å²) in [6.07, 6.45) is 3.18. The molecule has 1 aliphatic rings. The molecule has 2 N–H and O–H groups in total. The number of pyridine rings is 1. The second-order valence-corrected chi connectivity index (χ2v) is 11.8. The third-order valence-corrected chi connectivity index (χ3v) is 8.73. The van der Waals surface area contributed by atoms with Crippen LogP contribution in [-0.2, 0) is 0 Å². The highest BCUT2D eigenvalue weighted by molar-refractivity contribution is 5.97. The number of amides is 1. The fourth-order valence-corrected chi connectivity index (χ4v) is 5.76. The lowest BCUT2D eigenvalue weighted by Gasteiger charge is -2.23. The quantitative estimate of drug-likeness (QED) is 0.184. The number of carbonyl (C=O) groups excluding carboxylic acids is 1. The van der Waals surface area contributed by atoms with Crippen LogP contribution in [-0.4, -0.2) is 27.4 Å². The summed E-state index contributed by atoms with van der Waals surface area (Å²) in [4.78, 5) is 26.5. The van der Waals surface area contributed by atoms with Gasteiger partial charge in [0, 0.05) is 35.6 Å². The van der Waals surface area contributed by atoms with Crippen molar-refractivity contribution < 1.29 is 13.6 Å². The van der Waals surface area contributed by atoms with Gasteiger partial charge in [-0.05, 0) is 91.6 Å². The smallest absolute Gasteiger partial charge is 0.251 e. The fraction of sp³-hybridized carbons (Fsp3) is 0.306. The van der Waals surface area contributed by atoms with Gasteiger partial charge in [0.1, 0.15) is 17.5 Å². The molecule has 2 unspecified atom stereocenters. The number of nitrogens with one attached hydrogen (secondary N) is 2. The Balaban J connectivity index is 1.38. The monoisotopic (exact) mass is 578 g/mol. The first-order chi connectivity index (χ1) is 20.7. The second-order valence-electron chi connectivity index (χ2n) is 11.8. The molecule has 5 aromatic rings. The number of aryl methyl sites for hydroxylation is 1. The van der Waals surface area contributed by atoms with Crippen molar-refractivity contribution in [2.24, 2.45) is 0 Å². The maximum atomic E-state index is 15.2. The lowest BCUT2D eigenvalue weighted by molar-refractivity contribution is 0.0952. The van der Waals surface area contributed by atoms with Crippen molar-refractivity contribution in [3.63, 3.8) is 0 Å². The van der Waals surface area contributed by atoms with Gasteiger partial charge in [-0.25, -0.2) is 13.8 Å². The molecule has 1 amide bonds. The lowest BCUT2D eigenvalue weighted by atomic mass is 9.87. The molecule has 6 rings (SSSR count). The fourth-order valence-electron chi connectivity index (χ4n) is 5.76. The molecule has 0 bridgehead atoms. The molecule has 0 spiro atoms. The Bertz CT molecular complexity index is 1810. The Labute approximate surface area is 250 Å². The van der Waals surface area contributed by atoms with Crippen LogP contribution < -0.4 is 5.32 Å². The van der Waals surface area contributed by atoms with E-state index in [0.29, 0.717) is 22.7 Å². The molecule has 0 aliphatic heterocycles. The van der Waals surface area contributed by atoms with Crippen LogP contribution >= 0.6 is 0 Å². The van der Waals surface area contributed by atoms with Crippen molar-refractivity contribution in [1.29, 1.82) is 0 Å². The first-order valence-electron chi connectivity index (χ1n) is 15.0. The van der Waals surface area contributed by atoms with Gasteiger partial charge in [0.05, 0.1) is 22.4 Å². The minimum Gasteiger partial charge on any atom is -0.351 e. The summed E-state index contributed by atoms with van der Waals surface area (Å²) in [7, 11) is 0. The topological polar surface area (TPSA) is 70.7 Å². The van der Waals surface area contributed by atoms with Gasteiger partial charge in [0.25, 0.3) is 5.91 Å². The van der Waals surface area contributed by atoms with Gasteiger partial charge < -0.3 is 10.3 Å². The zero-order valence-corrected chi connectivity index (χ0v) is 25.0. The molecule has 2 atom stereocenters. The SMILES string of the molecule is CCC(C)c1cc(C(CNC(=O)c2ccc3nc(C4CC4)[nH]c3c2)c2ccccc2)nc(-c2cc(C)c(F)cc2F)c1C. The normalized spacial score (nSPS) is 14.6. The number of hydrogen-bond acceptors (Lipinski definition) is 3. The van der Waals surface area contributed by atoms with Gasteiger partial charge in [-0.2, -0.15) is 0 Å². The highest BCUT2D eigenvalue weighted by Gasteiger charge is 2.27. The number of imidazole rings is 1. The molecule has 1 fully saturated rings. The molecule has 1 aliphatic carbocycles. The van der Waals surface area contributed by atoms with Crippen LogP contribution in [0.1, 0.15) is 95.0 Å². The third kappa shape index (κ3) is 5.81. The summed E-state index contributed by atoms with van der Waals surface area (Å²) < 4.78 is 29.4. The Kier molecular flexibility index (Phi) is 7.82. The van der Waals surface area contributed by atoms with E-state index in [4.69, 9.17) is 4.98 Å². The zero-order valence-electron chi connectivity index (χ0n) is 25.0. The van der Waals surface area contributed by atoms with Gasteiger partial charge >= 0.3 is 0 Å². The average molecular weight is 579 g/mol. The van der Waals surface area contributed by atoms with Crippen molar-refractivity contribution in [1.82, 2.24) is 20.3 Å². The van der Waals surface area contributed by atoms with E-state index in [9.17, 15) is 9.18 Å². The van der Waals surface area contributed by atoms with Crippen LogP contribution in [0.25, 0.3) is 22.3 Å². The molecule has 2 aromatic heterocycles. The summed E-state index contributed by atoms with van der Waals surface area (Å²) >= 11 is 0. The molecule has 2 heterocycles. The third-order valence-electron chi connectivity index (χ3n) is 8.73. The van der Waals surface area contributed by atoms with Crippen LogP contribution in [0.3, 0.4) is 0 Å². The maximum absolute atomic E-state index is 15.2. The van der Waals surface area contributed by atoms with Crippen molar-refractivity contribution in [2.45, 2.75) is 64.7 Å². The highest BCUT2D eigenvalue weighted by atomic mass is 19.1. The summed E-state index contributed by atoms with van der Waals surface area (Å²) in [5, 5.41) is 3.13. The highest BCUT2D eigenvalue weighted by Crippen LogP contribution is 2.39. The van der Waals surface area contributed by atoms with E-state index in [1.165, 1.54) is 6.07 Å². The summed E-state index contributed by atoms with van der Waals surface area (Å²) in [6, 6.07) is 20.0. The minimum atomic E-state index is -0.644. The molecule has 7 heteroatoms. The first kappa shape index (κ1) is 28.7. The Morgan fingerprint density at radius 3 is 2.49 bits per heavy atom. The maximum Gasteiger partial charge on any atom is 0.251 e. The zero-order chi connectivity index (χ0) is 30.2. The largest absolute Gasteiger partial charge is 0.351 e. The predicted octanol–water partition coefficient (Wildman–Crippen LogP) is 8.47. The van der Waals surface area contributed by atoms with Gasteiger partial charge in [-0.15, -0.1) is 0 Å². The van der Waals surface area contributed by atoms with Crippen LogP contribution in [0.15, 0.2) is 66.7 Å². The molecule has 0 radical (unpaired) electrons. The van der Waals surface area contributed by atoms with Crippen LogP contribution in [0.5, 0.6) is 0 Å². The van der Waals surface area contributed by atoms with Crippen LogP contribution in [0.2, 0.25) is 0 Å². The van der Waals surface area contributed by atoms with Crippen LogP contribution in [0, 0.1) is 25.5 Å². The number of carbonyl (C=O) groups is 1. The Hall–Kier alpha value is -4.39. The standard InChI is InChI=1S/C36H36F2N4O/c1-5-20(2)26-17-32(40-34(22(26)4)27-15-21(3)29(37)18-30(27)38)28(23-9-7-6-8-10-23)19-39-36(43)25-13-14-31-33(16-25)42-35(41-31)24-11-12-24/h6-10,13-18,20,24,28H,5,11-12,19H2,1-4H3,(H,39,43)(H,41,42). The molecule has 220 valence electrons. The van der Waals surface area contributed by atoms with Gasteiger partial charge in [0.2, 0.25) is 0 Å². The number of rotatable bonds is 9. The van der Waals surface area contributed by atoms with Gasteiger partial charge in [0.15, 0.2) is 0 Å². The molecule has 3 aromatic carbocycles. The molecule has 43 heavy (non-hydrogen) atoms. The molecule has 5 nitrogen and oxygen atoms in total. The molecule has 0 saturated heterocycles. The number of halogens is 2. The summed E-state index contributed by atoms with van der Waals surface area (Å²) in [5.74, 6) is -0.0421. The predicted molar refractivity (Wildman–Crippen MR) is 166 cm³/mol. The second kappa shape index (κ2) is 11.7. The van der Waals surface area contributed by atoms with Crippen LogP contribution in [0.4, 0.5) is 8.78 Å². The van der Waals surface area contributed by atoms with Crippen molar-refractivity contribution in [3.8, 4) is 11.3 Å². The summed E-state index contributed by atoms with van der Waals surface area (Å²) in [5.41, 5.74) is 7.03. The van der Waals surface area contributed by atoms with E-state index in [0.717, 1.165) is 64.6 Å². The summed E-state index contributed by atoms with van der Waals surface area (Å²) in [6.45, 7) is 8.12. The molecular formula is C36H36F2N4O. The van der Waals surface area contributed by atoms with E-state index < -0.39 is 11.6 Å². The number of nitrogens with zero attached hydrogens (tertiary/aromatic N) is 2. The van der Waals surface area contributed by atoms with E-state index in [2.05, 4.69) is 35.2 Å². The number of benzene rings is 3. The number of fused-ring (bicyclic) bond motifs is 1. The molecule has 1 saturated carbocycles. The van der Waals surface area contributed by atoms with E-state index in [1.54, 1.807) is 13.0 Å².